The van der Waals surface area contributed by atoms with E-state index in [2.05, 4.69) is 26.0 Å². The molecule has 0 saturated heterocycles. The average Bonchev–Trinajstić information content (AvgIpc) is 2.38. The topological polar surface area (TPSA) is 95.5 Å². The van der Waals surface area contributed by atoms with Crippen LogP contribution in [0.2, 0.25) is 0 Å². The highest BCUT2D eigenvalue weighted by Crippen LogP contribution is 2.23. The summed E-state index contributed by atoms with van der Waals surface area (Å²) in [7, 11) is -3.72. The van der Waals surface area contributed by atoms with Gasteiger partial charge in [0, 0.05) is 11.0 Å². The quantitative estimate of drug-likeness (QED) is 0.606. The zero-order valence-corrected chi connectivity index (χ0v) is 13.4. The summed E-state index contributed by atoms with van der Waals surface area (Å²) in [4.78, 5) is 10.8. The molecular weight excluding hydrogens is 348 g/mol. The van der Waals surface area contributed by atoms with Crippen LogP contribution in [-0.2, 0) is 10.0 Å². The van der Waals surface area contributed by atoms with E-state index in [0.29, 0.717) is 17.4 Å². The molecule has 0 aliphatic rings. The van der Waals surface area contributed by atoms with Crippen molar-refractivity contribution >= 4 is 31.9 Å². The first-order valence-corrected chi connectivity index (χ1v) is 8.39. The minimum atomic E-state index is -3.72. The Labute approximate surface area is 126 Å². The number of rotatable bonds is 8. The SMILES string of the molecule is CCNCCCNS(=O)(=O)c1cc(C(=O)O)ccc1Br. The summed E-state index contributed by atoms with van der Waals surface area (Å²) in [5.41, 5.74) is -0.0683. The number of halogens is 1. The molecule has 0 amide bonds. The highest BCUT2D eigenvalue weighted by molar-refractivity contribution is 9.10. The molecule has 0 heterocycles. The first-order chi connectivity index (χ1) is 9.38. The van der Waals surface area contributed by atoms with Crippen LogP contribution in [0.5, 0.6) is 0 Å². The van der Waals surface area contributed by atoms with Crippen molar-refractivity contribution in [1.82, 2.24) is 10.0 Å². The summed E-state index contributed by atoms with van der Waals surface area (Å²) < 4.78 is 27.0. The molecule has 112 valence electrons. The van der Waals surface area contributed by atoms with Gasteiger partial charge in [-0.2, -0.15) is 0 Å². The van der Waals surface area contributed by atoms with Gasteiger partial charge in [-0.05, 0) is 53.6 Å². The largest absolute Gasteiger partial charge is 0.478 e. The van der Waals surface area contributed by atoms with Crippen molar-refractivity contribution in [3.8, 4) is 0 Å². The summed E-state index contributed by atoms with van der Waals surface area (Å²) >= 11 is 3.12. The van der Waals surface area contributed by atoms with E-state index in [4.69, 9.17) is 5.11 Å². The Hall–Kier alpha value is -0.960. The van der Waals surface area contributed by atoms with Crippen LogP contribution >= 0.6 is 15.9 Å². The predicted molar refractivity (Wildman–Crippen MR) is 79.5 cm³/mol. The van der Waals surface area contributed by atoms with E-state index in [0.717, 1.165) is 19.2 Å². The fourth-order valence-electron chi connectivity index (χ4n) is 1.52. The van der Waals surface area contributed by atoms with Crippen LogP contribution in [0, 0.1) is 0 Å². The van der Waals surface area contributed by atoms with Crippen LogP contribution in [-0.4, -0.2) is 39.1 Å². The van der Waals surface area contributed by atoms with E-state index in [-0.39, 0.29) is 10.5 Å². The number of hydrogen-bond donors (Lipinski definition) is 3. The van der Waals surface area contributed by atoms with Gasteiger partial charge in [-0.15, -0.1) is 0 Å². The van der Waals surface area contributed by atoms with E-state index in [1.54, 1.807) is 0 Å². The van der Waals surface area contributed by atoms with Crippen molar-refractivity contribution in [3.63, 3.8) is 0 Å². The smallest absolute Gasteiger partial charge is 0.335 e. The van der Waals surface area contributed by atoms with Gasteiger partial charge in [0.05, 0.1) is 10.5 Å². The van der Waals surface area contributed by atoms with Gasteiger partial charge in [0.2, 0.25) is 10.0 Å². The highest BCUT2D eigenvalue weighted by atomic mass is 79.9. The first kappa shape index (κ1) is 17.1. The molecule has 20 heavy (non-hydrogen) atoms. The van der Waals surface area contributed by atoms with Crippen LogP contribution < -0.4 is 10.0 Å². The zero-order valence-electron chi connectivity index (χ0n) is 11.0. The molecule has 0 aliphatic carbocycles. The van der Waals surface area contributed by atoms with Crippen LogP contribution in [0.15, 0.2) is 27.6 Å². The number of aromatic carboxylic acids is 1. The molecule has 0 unspecified atom stereocenters. The van der Waals surface area contributed by atoms with Crippen LogP contribution in [0.4, 0.5) is 0 Å². The Kier molecular flexibility index (Phi) is 6.60. The molecule has 1 rings (SSSR count). The van der Waals surface area contributed by atoms with Gasteiger partial charge in [0.15, 0.2) is 0 Å². The molecule has 0 atom stereocenters. The molecule has 0 fully saturated rings. The molecule has 6 nitrogen and oxygen atoms in total. The van der Waals surface area contributed by atoms with E-state index in [1.165, 1.54) is 12.1 Å². The van der Waals surface area contributed by atoms with Gasteiger partial charge in [-0.25, -0.2) is 17.9 Å². The second kappa shape index (κ2) is 7.72. The van der Waals surface area contributed by atoms with Crippen molar-refractivity contribution in [1.29, 1.82) is 0 Å². The summed E-state index contributed by atoms with van der Waals surface area (Å²) in [6.45, 7) is 3.81. The monoisotopic (exact) mass is 364 g/mol. The lowest BCUT2D eigenvalue weighted by Crippen LogP contribution is -2.28. The lowest BCUT2D eigenvalue weighted by molar-refractivity contribution is 0.0696. The molecule has 0 spiro atoms. The Morgan fingerprint density at radius 2 is 2.05 bits per heavy atom. The van der Waals surface area contributed by atoms with Crippen LogP contribution in [0.25, 0.3) is 0 Å². The molecule has 8 heteroatoms. The molecule has 0 bridgehead atoms. The van der Waals surface area contributed by atoms with E-state index < -0.39 is 16.0 Å². The predicted octanol–water partition coefficient (Wildman–Crippen LogP) is 1.43. The third-order valence-electron chi connectivity index (χ3n) is 2.54. The maximum Gasteiger partial charge on any atom is 0.335 e. The van der Waals surface area contributed by atoms with Crippen molar-refractivity contribution in [3.05, 3.63) is 28.2 Å². The van der Waals surface area contributed by atoms with Crippen molar-refractivity contribution in [2.75, 3.05) is 19.6 Å². The fourth-order valence-corrected chi connectivity index (χ4v) is 3.58. The van der Waals surface area contributed by atoms with Crippen LogP contribution in [0.3, 0.4) is 0 Å². The van der Waals surface area contributed by atoms with Gasteiger partial charge in [0.25, 0.3) is 0 Å². The van der Waals surface area contributed by atoms with Crippen LogP contribution in [0.1, 0.15) is 23.7 Å². The average molecular weight is 365 g/mol. The molecule has 0 aliphatic heterocycles. The van der Waals surface area contributed by atoms with E-state index >= 15 is 0 Å². The number of benzene rings is 1. The van der Waals surface area contributed by atoms with Crippen molar-refractivity contribution in [2.24, 2.45) is 0 Å². The molecule has 0 radical (unpaired) electrons. The second-order valence-corrected chi connectivity index (χ2v) is 6.64. The standard InChI is InChI=1S/C12H17BrN2O4S/c1-2-14-6-3-7-15-20(18,19)11-8-9(12(16)17)4-5-10(11)13/h4-5,8,14-15H,2-3,6-7H2,1H3,(H,16,17). The maximum atomic E-state index is 12.1. The lowest BCUT2D eigenvalue weighted by Gasteiger charge is -2.09. The Bertz CT molecular complexity index is 575. The second-order valence-electron chi connectivity index (χ2n) is 4.06. The van der Waals surface area contributed by atoms with Gasteiger partial charge in [0.1, 0.15) is 0 Å². The summed E-state index contributed by atoms with van der Waals surface area (Å²) in [6.07, 6.45) is 0.656. The number of carbonyl (C=O) groups is 1. The number of sulfonamides is 1. The van der Waals surface area contributed by atoms with Gasteiger partial charge in [-0.3, -0.25) is 0 Å². The number of carboxylic acid groups (broad SMARTS) is 1. The van der Waals surface area contributed by atoms with Crippen molar-refractivity contribution < 1.29 is 18.3 Å². The molecular formula is C12H17BrN2O4S. The van der Waals surface area contributed by atoms with Gasteiger partial charge < -0.3 is 10.4 Å². The Morgan fingerprint density at radius 1 is 1.35 bits per heavy atom. The third-order valence-corrected chi connectivity index (χ3v) is 4.99. The lowest BCUT2D eigenvalue weighted by atomic mass is 10.2. The molecule has 1 aromatic carbocycles. The minimum Gasteiger partial charge on any atom is -0.478 e. The highest BCUT2D eigenvalue weighted by Gasteiger charge is 2.19. The molecule has 3 N–H and O–H groups in total. The zero-order chi connectivity index (χ0) is 15.2. The number of carboxylic acids is 1. The molecule has 1 aromatic rings. The normalized spacial score (nSPS) is 11.5. The van der Waals surface area contributed by atoms with Gasteiger partial charge in [-0.1, -0.05) is 6.92 Å². The van der Waals surface area contributed by atoms with E-state index in [9.17, 15) is 13.2 Å². The third kappa shape index (κ3) is 4.86. The number of hydrogen-bond acceptors (Lipinski definition) is 4. The minimum absolute atomic E-state index is 0.0683. The molecule has 0 aromatic heterocycles. The van der Waals surface area contributed by atoms with Crippen molar-refractivity contribution in [2.45, 2.75) is 18.2 Å². The summed E-state index contributed by atoms with van der Waals surface area (Å²) in [5, 5.41) is 12.0. The Morgan fingerprint density at radius 3 is 2.65 bits per heavy atom. The fraction of sp³-hybridized carbons (Fsp3) is 0.417. The molecule has 0 saturated carbocycles. The van der Waals surface area contributed by atoms with Gasteiger partial charge >= 0.3 is 5.97 Å². The number of nitrogens with one attached hydrogen (secondary N) is 2. The summed E-state index contributed by atoms with van der Waals surface area (Å²) in [5.74, 6) is -1.17. The van der Waals surface area contributed by atoms with E-state index in [1.807, 2.05) is 6.92 Å². The summed E-state index contributed by atoms with van der Waals surface area (Å²) in [6, 6.07) is 3.90. The first-order valence-electron chi connectivity index (χ1n) is 6.11. The maximum absolute atomic E-state index is 12.1. The Balaban J connectivity index is 2.81.